The molecule has 2 heterocycles. The van der Waals surface area contributed by atoms with Gasteiger partial charge in [0, 0.05) is 23.7 Å². The van der Waals surface area contributed by atoms with Crippen LogP contribution in [0.5, 0.6) is 5.75 Å². The van der Waals surface area contributed by atoms with Gasteiger partial charge in [-0.2, -0.15) is 0 Å². The van der Waals surface area contributed by atoms with Crippen LogP contribution in [0.25, 0.3) is 5.57 Å². The average Bonchev–Trinajstić information content (AvgIpc) is 3.29. The van der Waals surface area contributed by atoms with E-state index >= 15 is 0 Å². The van der Waals surface area contributed by atoms with Crippen molar-refractivity contribution in [3.8, 4) is 5.75 Å². The number of benzene rings is 2. The van der Waals surface area contributed by atoms with E-state index in [0.717, 1.165) is 31.5 Å². The summed E-state index contributed by atoms with van der Waals surface area (Å²) >= 11 is 6.07. The molecule has 2 aromatic carbocycles. The van der Waals surface area contributed by atoms with Crippen molar-refractivity contribution in [2.24, 2.45) is 0 Å². The van der Waals surface area contributed by atoms with Crippen molar-refractivity contribution in [1.29, 1.82) is 0 Å². The van der Waals surface area contributed by atoms with Crippen LogP contribution in [0.3, 0.4) is 0 Å². The second-order valence-corrected chi connectivity index (χ2v) is 7.43. The third-order valence-electron chi connectivity index (χ3n) is 5.26. The largest absolute Gasteiger partial charge is 0.496 e. The first-order valence-electron chi connectivity index (χ1n) is 9.30. The minimum Gasteiger partial charge on any atom is -0.496 e. The number of halogens is 1. The third kappa shape index (κ3) is 2.96. The van der Waals surface area contributed by atoms with Gasteiger partial charge in [0.1, 0.15) is 11.4 Å². The molecular weight excluding hydrogens is 376 g/mol. The van der Waals surface area contributed by atoms with Crippen LogP contribution in [-0.2, 0) is 9.59 Å². The fraction of sp³-hybridized carbons (Fsp3) is 0.273. The Morgan fingerprint density at radius 1 is 1.00 bits per heavy atom. The average molecular weight is 397 g/mol. The quantitative estimate of drug-likeness (QED) is 0.732. The summed E-state index contributed by atoms with van der Waals surface area (Å²) in [4.78, 5) is 30.3. The van der Waals surface area contributed by atoms with Crippen molar-refractivity contribution in [2.45, 2.75) is 19.8 Å². The Labute approximate surface area is 169 Å². The van der Waals surface area contributed by atoms with Gasteiger partial charge in [-0.25, -0.2) is 4.90 Å². The highest BCUT2D eigenvalue weighted by molar-refractivity contribution is 6.46. The first-order valence-corrected chi connectivity index (χ1v) is 9.68. The number of imide groups is 1. The van der Waals surface area contributed by atoms with Gasteiger partial charge in [0.05, 0.1) is 18.4 Å². The van der Waals surface area contributed by atoms with Gasteiger partial charge in [-0.05, 0) is 49.6 Å². The van der Waals surface area contributed by atoms with Gasteiger partial charge in [-0.15, -0.1) is 0 Å². The summed E-state index contributed by atoms with van der Waals surface area (Å²) in [6.07, 6.45) is 2.01. The van der Waals surface area contributed by atoms with Crippen LogP contribution in [0.15, 0.2) is 48.2 Å². The number of methoxy groups -OCH3 is 1. The Hall–Kier alpha value is -2.79. The van der Waals surface area contributed by atoms with Crippen molar-refractivity contribution >= 4 is 34.7 Å². The van der Waals surface area contributed by atoms with E-state index in [9.17, 15) is 9.59 Å². The number of rotatable bonds is 4. The van der Waals surface area contributed by atoms with Gasteiger partial charge in [-0.1, -0.05) is 29.8 Å². The summed E-state index contributed by atoms with van der Waals surface area (Å²) in [5.41, 5.74) is 2.83. The standard InChI is InChI=1S/C22H21ClN2O3/c1-14-13-15(23)9-10-17(14)25-21(26)19(16-7-3-4-8-18(16)28-2)20(22(25)27)24-11-5-6-12-24/h3-4,7-10,13H,5-6,11-12H2,1-2H3. The molecule has 0 radical (unpaired) electrons. The zero-order valence-electron chi connectivity index (χ0n) is 15.9. The molecule has 2 aliphatic rings. The minimum atomic E-state index is -0.332. The number of nitrogens with zero attached hydrogens (tertiary/aromatic N) is 2. The van der Waals surface area contributed by atoms with Crippen LogP contribution in [0.2, 0.25) is 5.02 Å². The summed E-state index contributed by atoms with van der Waals surface area (Å²) in [5, 5.41) is 0.568. The van der Waals surface area contributed by atoms with E-state index in [2.05, 4.69) is 0 Å². The van der Waals surface area contributed by atoms with E-state index in [-0.39, 0.29) is 11.8 Å². The van der Waals surface area contributed by atoms with Crippen LogP contribution in [0, 0.1) is 6.92 Å². The van der Waals surface area contributed by atoms with E-state index in [1.165, 1.54) is 4.90 Å². The summed E-state index contributed by atoms with van der Waals surface area (Å²) < 4.78 is 5.48. The first-order chi connectivity index (χ1) is 13.5. The van der Waals surface area contributed by atoms with Gasteiger partial charge in [-0.3, -0.25) is 9.59 Å². The van der Waals surface area contributed by atoms with Gasteiger partial charge in [0.15, 0.2) is 0 Å². The Kier molecular flexibility index (Phi) is 4.85. The van der Waals surface area contributed by atoms with Crippen LogP contribution in [0.4, 0.5) is 5.69 Å². The van der Waals surface area contributed by atoms with E-state index in [0.29, 0.717) is 33.3 Å². The highest BCUT2D eigenvalue weighted by Gasteiger charge is 2.44. The van der Waals surface area contributed by atoms with Crippen LogP contribution in [0.1, 0.15) is 24.0 Å². The molecule has 0 N–H and O–H groups in total. The molecule has 0 bridgehead atoms. The number of aryl methyl sites for hydroxylation is 1. The van der Waals surface area contributed by atoms with Crippen molar-refractivity contribution in [3.05, 3.63) is 64.3 Å². The van der Waals surface area contributed by atoms with Crippen LogP contribution < -0.4 is 9.64 Å². The highest BCUT2D eigenvalue weighted by atomic mass is 35.5. The fourth-order valence-electron chi connectivity index (χ4n) is 3.93. The topological polar surface area (TPSA) is 49.9 Å². The molecule has 2 amide bonds. The molecule has 4 rings (SSSR count). The summed E-state index contributed by atoms with van der Waals surface area (Å²) in [7, 11) is 1.57. The molecule has 0 atom stereocenters. The Bertz CT molecular complexity index is 993. The zero-order valence-corrected chi connectivity index (χ0v) is 16.6. The van der Waals surface area contributed by atoms with Crippen molar-refractivity contribution in [3.63, 3.8) is 0 Å². The first kappa shape index (κ1) is 18.6. The Morgan fingerprint density at radius 2 is 1.71 bits per heavy atom. The Morgan fingerprint density at radius 3 is 2.39 bits per heavy atom. The molecule has 6 heteroatoms. The van der Waals surface area contributed by atoms with E-state index < -0.39 is 0 Å². The second-order valence-electron chi connectivity index (χ2n) is 6.99. The van der Waals surface area contributed by atoms with Crippen molar-refractivity contribution < 1.29 is 14.3 Å². The molecule has 0 aromatic heterocycles. The lowest BCUT2D eigenvalue weighted by molar-refractivity contribution is -0.120. The number of amides is 2. The van der Waals surface area contributed by atoms with Gasteiger partial charge < -0.3 is 9.64 Å². The molecule has 0 aliphatic carbocycles. The van der Waals surface area contributed by atoms with E-state index in [4.69, 9.17) is 16.3 Å². The highest BCUT2D eigenvalue weighted by Crippen LogP contribution is 2.40. The normalized spacial score (nSPS) is 17.1. The van der Waals surface area contributed by atoms with Gasteiger partial charge in [0.2, 0.25) is 0 Å². The fourth-order valence-corrected chi connectivity index (χ4v) is 4.16. The molecule has 1 saturated heterocycles. The van der Waals surface area contributed by atoms with Gasteiger partial charge >= 0.3 is 0 Å². The SMILES string of the molecule is COc1ccccc1C1=C(N2CCCC2)C(=O)N(c2ccc(Cl)cc2C)C1=O. The van der Waals surface area contributed by atoms with Crippen LogP contribution in [-0.4, -0.2) is 36.9 Å². The lowest BCUT2D eigenvalue weighted by atomic mass is 10.0. The Balaban J connectivity index is 1.89. The maximum Gasteiger partial charge on any atom is 0.282 e. The summed E-state index contributed by atoms with van der Waals surface area (Å²) in [6.45, 7) is 3.37. The molecule has 2 aliphatic heterocycles. The molecule has 144 valence electrons. The smallest absolute Gasteiger partial charge is 0.282 e. The molecule has 5 nitrogen and oxygen atoms in total. The lowest BCUT2D eigenvalue weighted by Crippen LogP contribution is -2.35. The minimum absolute atomic E-state index is 0.293. The molecule has 0 spiro atoms. The predicted molar refractivity (Wildman–Crippen MR) is 109 cm³/mol. The van der Waals surface area contributed by atoms with Crippen LogP contribution >= 0.6 is 11.6 Å². The van der Waals surface area contributed by atoms with E-state index in [1.54, 1.807) is 31.4 Å². The molecule has 1 fully saturated rings. The zero-order chi connectivity index (χ0) is 19.8. The van der Waals surface area contributed by atoms with Gasteiger partial charge in [0.25, 0.3) is 11.8 Å². The number of carbonyl (C=O) groups excluding carboxylic acids is 2. The summed E-state index contributed by atoms with van der Waals surface area (Å²) in [5.74, 6) is -0.0509. The number of carbonyl (C=O) groups is 2. The number of hydrogen-bond donors (Lipinski definition) is 0. The molecule has 2 aromatic rings. The molecule has 0 unspecified atom stereocenters. The number of ether oxygens (including phenoxy) is 1. The van der Waals surface area contributed by atoms with E-state index in [1.807, 2.05) is 30.0 Å². The molecule has 0 saturated carbocycles. The predicted octanol–water partition coefficient (Wildman–Crippen LogP) is 4.04. The molecular formula is C22H21ClN2O3. The second kappa shape index (κ2) is 7.32. The molecule has 28 heavy (non-hydrogen) atoms. The summed E-state index contributed by atoms with van der Waals surface area (Å²) in [6, 6.07) is 12.5. The maximum absolute atomic E-state index is 13.5. The van der Waals surface area contributed by atoms with Crippen molar-refractivity contribution in [2.75, 3.05) is 25.1 Å². The monoisotopic (exact) mass is 396 g/mol. The number of hydrogen-bond acceptors (Lipinski definition) is 4. The number of likely N-dealkylation sites (tertiary alicyclic amines) is 1. The van der Waals surface area contributed by atoms with Crippen molar-refractivity contribution in [1.82, 2.24) is 4.90 Å². The lowest BCUT2D eigenvalue weighted by Gasteiger charge is -2.21. The third-order valence-corrected chi connectivity index (χ3v) is 5.49. The number of para-hydroxylation sites is 1. The maximum atomic E-state index is 13.5. The number of anilines is 1.